The Hall–Kier alpha value is -1.95. The fourth-order valence-electron chi connectivity index (χ4n) is 2.43. The molecular weight excluding hydrogens is 260 g/mol. The van der Waals surface area contributed by atoms with E-state index in [-0.39, 0.29) is 12.5 Å². The fraction of sp³-hybridized carbons (Fsp3) is 0.500. The van der Waals surface area contributed by atoms with E-state index in [0.29, 0.717) is 12.6 Å². The lowest BCUT2D eigenvalue weighted by Gasteiger charge is -2.32. The number of anilines is 1. The number of rotatable bonds is 7. The second-order valence-electron chi connectivity index (χ2n) is 5.35. The van der Waals surface area contributed by atoms with Crippen molar-refractivity contribution in [1.82, 2.24) is 5.32 Å². The zero-order chi connectivity index (χ0) is 15.8. The van der Waals surface area contributed by atoms with Crippen molar-refractivity contribution in [1.29, 1.82) is 0 Å². The molecule has 0 atom stereocenters. The van der Waals surface area contributed by atoms with Gasteiger partial charge in [0.05, 0.1) is 13.1 Å². The van der Waals surface area contributed by atoms with Crippen molar-refractivity contribution >= 4 is 11.6 Å². The van der Waals surface area contributed by atoms with Crippen molar-refractivity contribution in [2.45, 2.75) is 46.6 Å². The number of carbonyl (C=O) groups excluding carboxylic acids is 1. The van der Waals surface area contributed by atoms with E-state index >= 15 is 0 Å². The SMILES string of the molecule is C#CCNC(=O)CN(c1ccc(C)c(C)c1)C(CC)CC. The Kier molecular flexibility index (Phi) is 6.81. The molecule has 1 rings (SSSR count). The highest BCUT2D eigenvalue weighted by Crippen LogP contribution is 2.23. The van der Waals surface area contributed by atoms with Gasteiger partial charge in [0.1, 0.15) is 0 Å². The van der Waals surface area contributed by atoms with Crippen LogP contribution in [0.2, 0.25) is 0 Å². The first-order chi connectivity index (χ1) is 10.0. The molecule has 0 aromatic heterocycles. The topological polar surface area (TPSA) is 32.3 Å². The Labute approximate surface area is 128 Å². The predicted octanol–water partition coefficient (Wildman–Crippen LogP) is 3.05. The van der Waals surface area contributed by atoms with Gasteiger partial charge in [0, 0.05) is 11.7 Å². The third kappa shape index (κ3) is 4.82. The lowest BCUT2D eigenvalue weighted by Crippen LogP contribution is -2.43. The first kappa shape index (κ1) is 17.1. The first-order valence-electron chi connectivity index (χ1n) is 7.57. The van der Waals surface area contributed by atoms with Crippen molar-refractivity contribution in [3.05, 3.63) is 29.3 Å². The smallest absolute Gasteiger partial charge is 0.240 e. The molecule has 0 aliphatic heterocycles. The van der Waals surface area contributed by atoms with Gasteiger partial charge in [-0.2, -0.15) is 0 Å². The van der Waals surface area contributed by atoms with Crippen LogP contribution in [-0.2, 0) is 4.79 Å². The summed E-state index contributed by atoms with van der Waals surface area (Å²) in [6, 6.07) is 6.71. The number of hydrogen-bond donors (Lipinski definition) is 1. The number of amides is 1. The highest BCUT2D eigenvalue weighted by molar-refractivity contribution is 5.81. The Morgan fingerprint density at radius 1 is 1.29 bits per heavy atom. The van der Waals surface area contributed by atoms with Crippen LogP contribution in [0.15, 0.2) is 18.2 Å². The quantitative estimate of drug-likeness (QED) is 0.781. The normalized spacial score (nSPS) is 10.3. The van der Waals surface area contributed by atoms with E-state index in [1.54, 1.807) is 0 Å². The minimum Gasteiger partial charge on any atom is -0.359 e. The average Bonchev–Trinajstić information content (AvgIpc) is 2.48. The summed E-state index contributed by atoms with van der Waals surface area (Å²) in [5.74, 6) is 2.41. The van der Waals surface area contributed by atoms with Crippen LogP contribution in [0.3, 0.4) is 0 Å². The second-order valence-corrected chi connectivity index (χ2v) is 5.35. The van der Waals surface area contributed by atoms with E-state index < -0.39 is 0 Å². The van der Waals surface area contributed by atoms with E-state index in [1.165, 1.54) is 11.1 Å². The van der Waals surface area contributed by atoms with Gasteiger partial charge in [-0.1, -0.05) is 25.8 Å². The molecule has 0 aliphatic rings. The van der Waals surface area contributed by atoms with Crippen LogP contribution >= 0.6 is 0 Å². The number of nitrogens with zero attached hydrogens (tertiary/aromatic N) is 1. The van der Waals surface area contributed by atoms with Gasteiger partial charge in [-0.3, -0.25) is 4.79 Å². The molecule has 0 saturated carbocycles. The highest BCUT2D eigenvalue weighted by atomic mass is 16.2. The summed E-state index contributed by atoms with van der Waals surface area (Å²) in [5.41, 5.74) is 3.61. The van der Waals surface area contributed by atoms with Crippen molar-refractivity contribution in [2.24, 2.45) is 0 Å². The number of hydrogen-bond acceptors (Lipinski definition) is 2. The predicted molar refractivity (Wildman–Crippen MR) is 89.5 cm³/mol. The molecule has 0 unspecified atom stereocenters. The van der Waals surface area contributed by atoms with Crippen LogP contribution in [0.4, 0.5) is 5.69 Å². The lowest BCUT2D eigenvalue weighted by molar-refractivity contribution is -0.119. The molecule has 0 bridgehead atoms. The monoisotopic (exact) mass is 286 g/mol. The van der Waals surface area contributed by atoms with Crippen LogP contribution in [0, 0.1) is 26.2 Å². The van der Waals surface area contributed by atoms with E-state index in [0.717, 1.165) is 18.5 Å². The van der Waals surface area contributed by atoms with Gasteiger partial charge < -0.3 is 10.2 Å². The molecule has 0 saturated heterocycles. The van der Waals surface area contributed by atoms with Crippen molar-refractivity contribution < 1.29 is 4.79 Å². The molecule has 1 aromatic carbocycles. The van der Waals surface area contributed by atoms with Gasteiger partial charge in [0.15, 0.2) is 0 Å². The van der Waals surface area contributed by atoms with Crippen LogP contribution in [0.1, 0.15) is 37.8 Å². The van der Waals surface area contributed by atoms with E-state index in [4.69, 9.17) is 6.42 Å². The molecule has 0 fully saturated rings. The summed E-state index contributed by atoms with van der Waals surface area (Å²) in [7, 11) is 0. The highest BCUT2D eigenvalue weighted by Gasteiger charge is 2.19. The minimum absolute atomic E-state index is 0.0296. The lowest BCUT2D eigenvalue weighted by atomic mass is 10.1. The maximum absolute atomic E-state index is 12.0. The molecule has 3 nitrogen and oxygen atoms in total. The number of benzene rings is 1. The number of aryl methyl sites for hydroxylation is 2. The van der Waals surface area contributed by atoms with E-state index in [9.17, 15) is 4.79 Å². The van der Waals surface area contributed by atoms with Crippen molar-refractivity contribution in [3.63, 3.8) is 0 Å². The van der Waals surface area contributed by atoms with Crippen LogP contribution in [0.25, 0.3) is 0 Å². The second kappa shape index (κ2) is 8.36. The van der Waals surface area contributed by atoms with Crippen LogP contribution in [-0.4, -0.2) is 25.0 Å². The standard InChI is InChI=1S/C18H26N2O/c1-6-11-19-18(21)13-20(16(7-2)8-3)17-10-9-14(4)15(5)12-17/h1,9-10,12,16H,7-8,11,13H2,2-5H3,(H,19,21). The Balaban J connectivity index is 2.98. The molecule has 0 aliphatic carbocycles. The molecule has 0 heterocycles. The van der Waals surface area contributed by atoms with Gasteiger partial charge in [-0.25, -0.2) is 0 Å². The third-order valence-corrected chi connectivity index (χ3v) is 3.91. The van der Waals surface area contributed by atoms with Gasteiger partial charge >= 0.3 is 0 Å². The van der Waals surface area contributed by atoms with E-state index in [2.05, 4.69) is 62.0 Å². The molecule has 0 radical (unpaired) electrons. The zero-order valence-electron chi connectivity index (χ0n) is 13.6. The van der Waals surface area contributed by atoms with Crippen molar-refractivity contribution in [2.75, 3.05) is 18.0 Å². The molecule has 3 heteroatoms. The molecule has 114 valence electrons. The molecular formula is C18H26N2O. The maximum Gasteiger partial charge on any atom is 0.240 e. The largest absolute Gasteiger partial charge is 0.359 e. The summed E-state index contributed by atoms with van der Waals surface area (Å²) in [4.78, 5) is 14.2. The number of carbonyl (C=O) groups is 1. The summed E-state index contributed by atoms with van der Waals surface area (Å²) >= 11 is 0. The summed E-state index contributed by atoms with van der Waals surface area (Å²) in [6.45, 7) is 9.13. The molecule has 1 amide bonds. The Morgan fingerprint density at radius 3 is 2.48 bits per heavy atom. The Morgan fingerprint density at radius 2 is 1.95 bits per heavy atom. The molecule has 21 heavy (non-hydrogen) atoms. The third-order valence-electron chi connectivity index (χ3n) is 3.91. The molecule has 1 N–H and O–H groups in total. The van der Waals surface area contributed by atoms with Gasteiger partial charge in [0.2, 0.25) is 5.91 Å². The van der Waals surface area contributed by atoms with E-state index in [1.807, 2.05) is 0 Å². The number of nitrogens with one attached hydrogen (secondary N) is 1. The summed E-state index contributed by atoms with van der Waals surface area (Å²) in [5, 5.41) is 2.74. The number of terminal acetylenes is 1. The van der Waals surface area contributed by atoms with Gasteiger partial charge in [-0.15, -0.1) is 6.42 Å². The molecule has 0 spiro atoms. The summed E-state index contributed by atoms with van der Waals surface area (Å²) < 4.78 is 0. The first-order valence-corrected chi connectivity index (χ1v) is 7.57. The zero-order valence-corrected chi connectivity index (χ0v) is 13.6. The van der Waals surface area contributed by atoms with Gasteiger partial charge in [-0.05, 0) is 49.9 Å². The maximum atomic E-state index is 12.0. The molecule has 1 aromatic rings. The minimum atomic E-state index is -0.0296. The van der Waals surface area contributed by atoms with Gasteiger partial charge in [0.25, 0.3) is 0 Å². The summed E-state index contributed by atoms with van der Waals surface area (Å²) in [6.07, 6.45) is 7.20. The average molecular weight is 286 g/mol. The van der Waals surface area contributed by atoms with Crippen LogP contribution in [0.5, 0.6) is 0 Å². The van der Waals surface area contributed by atoms with Crippen molar-refractivity contribution in [3.8, 4) is 12.3 Å². The Bertz CT molecular complexity index is 512. The fourth-order valence-corrected chi connectivity index (χ4v) is 2.43. The van der Waals surface area contributed by atoms with Crippen LogP contribution < -0.4 is 10.2 Å².